The smallest absolute Gasteiger partial charge is 0.266 e. The van der Waals surface area contributed by atoms with Crippen molar-refractivity contribution in [3.8, 4) is 11.8 Å². The van der Waals surface area contributed by atoms with E-state index >= 15 is 0 Å². The highest BCUT2D eigenvalue weighted by molar-refractivity contribution is 6.09. The van der Waals surface area contributed by atoms with E-state index in [2.05, 4.69) is 41.9 Å². The number of amides is 1. The summed E-state index contributed by atoms with van der Waals surface area (Å²) in [5, 5.41) is 12.3. The van der Waals surface area contributed by atoms with Crippen LogP contribution in [0.4, 0.5) is 5.69 Å². The predicted molar refractivity (Wildman–Crippen MR) is 118 cm³/mol. The quantitative estimate of drug-likeness (QED) is 0.473. The first-order valence-corrected chi connectivity index (χ1v) is 9.56. The van der Waals surface area contributed by atoms with E-state index in [0.29, 0.717) is 5.69 Å². The van der Waals surface area contributed by atoms with Crippen molar-refractivity contribution < 1.29 is 4.79 Å². The second-order valence-electron chi connectivity index (χ2n) is 7.44. The Labute approximate surface area is 172 Å². The Morgan fingerprint density at radius 1 is 0.966 bits per heavy atom. The topological polar surface area (TPSA) is 57.8 Å². The molecule has 4 heteroatoms. The van der Waals surface area contributed by atoms with Crippen LogP contribution in [-0.4, -0.2) is 10.5 Å². The fraction of sp³-hybridized carbons (Fsp3) is 0.200. The summed E-state index contributed by atoms with van der Waals surface area (Å²) in [5.41, 5.74) is 8.26. The SMILES string of the molecule is Cc1ccc(NC(=O)/C(C#N)=C\c2cc(C)n(-c3ccc(C)cc3C)c2C)cc1. The minimum Gasteiger partial charge on any atom is -0.321 e. The van der Waals surface area contributed by atoms with Crippen LogP contribution in [0.1, 0.15) is 33.6 Å². The van der Waals surface area contributed by atoms with Crippen molar-refractivity contribution in [2.75, 3.05) is 5.32 Å². The number of carbonyl (C=O) groups excluding carboxylic acids is 1. The van der Waals surface area contributed by atoms with Crippen LogP contribution >= 0.6 is 0 Å². The third kappa shape index (κ3) is 4.30. The van der Waals surface area contributed by atoms with Crippen molar-refractivity contribution in [2.24, 2.45) is 0 Å². The Balaban J connectivity index is 1.95. The standard InChI is InChI=1S/C25H25N3O/c1-16-6-9-23(10-7-16)27-25(29)22(15-26)14-21-13-19(4)28(20(21)5)24-11-8-17(2)12-18(24)3/h6-14H,1-5H3,(H,27,29)/b22-14-. The number of rotatable bonds is 4. The number of hydrogen-bond acceptors (Lipinski definition) is 2. The molecule has 1 aromatic heterocycles. The minimum absolute atomic E-state index is 0.0754. The number of hydrogen-bond donors (Lipinski definition) is 1. The Kier molecular flexibility index (Phi) is 5.70. The highest BCUT2D eigenvalue weighted by Gasteiger charge is 2.15. The Morgan fingerprint density at radius 2 is 1.62 bits per heavy atom. The second kappa shape index (κ2) is 8.20. The number of nitrogens with zero attached hydrogens (tertiary/aromatic N) is 2. The largest absolute Gasteiger partial charge is 0.321 e. The highest BCUT2D eigenvalue weighted by atomic mass is 16.1. The number of aromatic nitrogens is 1. The molecule has 1 heterocycles. The molecule has 3 aromatic rings. The molecule has 1 N–H and O–H groups in total. The summed E-state index contributed by atoms with van der Waals surface area (Å²) >= 11 is 0. The van der Waals surface area contributed by atoms with E-state index in [0.717, 1.165) is 28.2 Å². The third-order valence-corrected chi connectivity index (χ3v) is 5.04. The average molecular weight is 383 g/mol. The molecule has 29 heavy (non-hydrogen) atoms. The number of nitrogens with one attached hydrogen (secondary N) is 1. The van der Waals surface area contributed by atoms with E-state index in [1.807, 2.05) is 57.2 Å². The van der Waals surface area contributed by atoms with Gasteiger partial charge in [0.1, 0.15) is 11.6 Å². The molecule has 0 atom stereocenters. The summed E-state index contributed by atoms with van der Waals surface area (Å²) in [5.74, 6) is -0.410. The molecule has 0 bridgehead atoms. The number of aryl methyl sites for hydroxylation is 4. The molecular weight excluding hydrogens is 358 g/mol. The summed E-state index contributed by atoms with van der Waals surface area (Å²) < 4.78 is 2.16. The van der Waals surface area contributed by atoms with Gasteiger partial charge in [0.15, 0.2) is 0 Å². The molecule has 0 saturated heterocycles. The third-order valence-electron chi connectivity index (χ3n) is 5.04. The van der Waals surface area contributed by atoms with Crippen LogP contribution in [0.25, 0.3) is 11.8 Å². The van der Waals surface area contributed by atoms with Crippen molar-refractivity contribution in [1.29, 1.82) is 5.26 Å². The zero-order chi connectivity index (χ0) is 21.1. The lowest BCUT2D eigenvalue weighted by molar-refractivity contribution is -0.112. The molecule has 2 aromatic carbocycles. The second-order valence-corrected chi connectivity index (χ2v) is 7.44. The maximum absolute atomic E-state index is 12.6. The van der Waals surface area contributed by atoms with Crippen LogP contribution in [0, 0.1) is 45.9 Å². The molecule has 1 amide bonds. The van der Waals surface area contributed by atoms with Gasteiger partial charge < -0.3 is 9.88 Å². The van der Waals surface area contributed by atoms with E-state index in [1.54, 1.807) is 6.08 Å². The highest BCUT2D eigenvalue weighted by Crippen LogP contribution is 2.25. The number of benzene rings is 2. The van der Waals surface area contributed by atoms with Gasteiger partial charge in [-0.25, -0.2) is 0 Å². The zero-order valence-corrected chi connectivity index (χ0v) is 17.5. The van der Waals surface area contributed by atoms with Crippen molar-refractivity contribution in [3.05, 3.63) is 87.7 Å². The van der Waals surface area contributed by atoms with Gasteiger partial charge in [0, 0.05) is 22.8 Å². The van der Waals surface area contributed by atoms with Gasteiger partial charge in [-0.3, -0.25) is 4.79 Å². The summed E-state index contributed by atoms with van der Waals surface area (Å²) in [6.07, 6.45) is 1.66. The number of anilines is 1. The van der Waals surface area contributed by atoms with Crippen LogP contribution in [0.15, 0.2) is 54.1 Å². The van der Waals surface area contributed by atoms with Crippen LogP contribution in [-0.2, 0) is 4.79 Å². The lowest BCUT2D eigenvalue weighted by Gasteiger charge is -2.13. The van der Waals surface area contributed by atoms with Crippen LogP contribution in [0.2, 0.25) is 0 Å². The van der Waals surface area contributed by atoms with E-state index in [9.17, 15) is 10.1 Å². The average Bonchev–Trinajstić information content (AvgIpc) is 2.95. The van der Waals surface area contributed by atoms with Crippen LogP contribution < -0.4 is 5.32 Å². The molecule has 0 radical (unpaired) electrons. The molecule has 0 fully saturated rings. The van der Waals surface area contributed by atoms with E-state index in [4.69, 9.17) is 0 Å². The van der Waals surface area contributed by atoms with Gasteiger partial charge in [0.2, 0.25) is 0 Å². The van der Waals surface area contributed by atoms with Crippen molar-refractivity contribution in [3.63, 3.8) is 0 Å². The monoisotopic (exact) mass is 383 g/mol. The van der Waals surface area contributed by atoms with Crippen LogP contribution in [0.5, 0.6) is 0 Å². The molecule has 0 unspecified atom stereocenters. The first kappa shape index (κ1) is 20.2. The van der Waals surface area contributed by atoms with Crippen LogP contribution in [0.3, 0.4) is 0 Å². The summed E-state index contributed by atoms with van der Waals surface area (Å²) in [7, 11) is 0. The molecule has 3 rings (SSSR count). The lowest BCUT2D eigenvalue weighted by atomic mass is 10.1. The molecule has 0 aliphatic rings. The first-order valence-electron chi connectivity index (χ1n) is 9.56. The van der Waals surface area contributed by atoms with Gasteiger partial charge in [-0.05, 0) is 76.1 Å². The van der Waals surface area contributed by atoms with Crippen molar-refractivity contribution in [1.82, 2.24) is 4.57 Å². The number of carbonyl (C=O) groups is 1. The maximum Gasteiger partial charge on any atom is 0.266 e. The molecule has 0 spiro atoms. The van der Waals surface area contributed by atoms with Gasteiger partial charge >= 0.3 is 0 Å². The Bertz CT molecular complexity index is 1140. The summed E-state index contributed by atoms with van der Waals surface area (Å²) in [6.45, 7) is 10.2. The fourth-order valence-electron chi connectivity index (χ4n) is 3.50. The first-order chi connectivity index (χ1) is 13.8. The van der Waals surface area contributed by atoms with Gasteiger partial charge in [-0.15, -0.1) is 0 Å². The molecule has 0 aliphatic carbocycles. The predicted octanol–water partition coefficient (Wildman–Crippen LogP) is 5.57. The normalized spacial score (nSPS) is 11.2. The lowest BCUT2D eigenvalue weighted by Crippen LogP contribution is -2.13. The molecule has 146 valence electrons. The van der Waals surface area contributed by atoms with Gasteiger partial charge in [-0.2, -0.15) is 5.26 Å². The maximum atomic E-state index is 12.6. The van der Waals surface area contributed by atoms with Gasteiger partial charge in [0.05, 0.1) is 0 Å². The Morgan fingerprint density at radius 3 is 2.24 bits per heavy atom. The summed E-state index contributed by atoms with van der Waals surface area (Å²) in [4.78, 5) is 12.6. The van der Waals surface area contributed by atoms with Gasteiger partial charge in [-0.1, -0.05) is 35.4 Å². The number of nitriles is 1. The van der Waals surface area contributed by atoms with Crippen molar-refractivity contribution >= 4 is 17.7 Å². The molecular formula is C25H25N3O. The minimum atomic E-state index is -0.410. The van der Waals surface area contributed by atoms with Gasteiger partial charge in [0.25, 0.3) is 5.91 Å². The van der Waals surface area contributed by atoms with E-state index in [1.165, 1.54) is 11.1 Å². The molecule has 0 saturated carbocycles. The molecule has 0 aliphatic heterocycles. The van der Waals surface area contributed by atoms with E-state index < -0.39 is 5.91 Å². The van der Waals surface area contributed by atoms with Crippen molar-refractivity contribution in [2.45, 2.75) is 34.6 Å². The molecule has 4 nitrogen and oxygen atoms in total. The zero-order valence-electron chi connectivity index (χ0n) is 17.5. The van der Waals surface area contributed by atoms with E-state index in [-0.39, 0.29) is 5.57 Å². The Hall–Kier alpha value is -3.58. The summed E-state index contributed by atoms with van der Waals surface area (Å²) in [6, 6.07) is 17.9. The fourth-order valence-corrected chi connectivity index (χ4v) is 3.50.